The summed E-state index contributed by atoms with van der Waals surface area (Å²) in [4.78, 5) is 24.7. The molecule has 1 rings (SSSR count). The lowest BCUT2D eigenvalue weighted by atomic mass is 10.0. The Morgan fingerprint density at radius 3 is 2.61 bits per heavy atom. The minimum atomic E-state index is -0.790. The summed E-state index contributed by atoms with van der Waals surface area (Å²) in [5.41, 5.74) is 4.98. The Bertz CT molecular complexity index is 308. The second-order valence-electron chi connectivity index (χ2n) is 4.80. The van der Waals surface area contributed by atoms with Gasteiger partial charge in [-0.3, -0.25) is 15.0 Å². The third-order valence-corrected chi connectivity index (χ3v) is 3.63. The number of nitrogens with two attached hydrogens (primary N) is 1. The first-order valence-electron chi connectivity index (χ1n) is 6.59. The maximum atomic E-state index is 11.8. The second-order valence-corrected chi connectivity index (χ2v) is 4.80. The molecule has 1 heterocycles. The summed E-state index contributed by atoms with van der Waals surface area (Å²) < 4.78 is 0. The highest BCUT2D eigenvalue weighted by Crippen LogP contribution is 2.15. The first-order valence-corrected chi connectivity index (χ1v) is 6.59. The average Bonchev–Trinajstić information content (AvgIpc) is 2.36. The van der Waals surface area contributed by atoms with Crippen molar-refractivity contribution in [3.63, 3.8) is 0 Å². The Labute approximate surface area is 108 Å². The standard InChI is InChI=1S/C12H24N4O2/c1-4-9-7-16(10(5-2)6-14-9)8(3)11(17)15-12(13)18/h8-10,14H,4-7H2,1-3H3,(H3,13,15,17,18). The van der Waals surface area contributed by atoms with Crippen LogP contribution in [0.3, 0.4) is 0 Å². The molecule has 1 fully saturated rings. The summed E-state index contributed by atoms with van der Waals surface area (Å²) in [7, 11) is 0. The molecule has 6 nitrogen and oxygen atoms in total. The van der Waals surface area contributed by atoms with E-state index in [0.29, 0.717) is 12.1 Å². The summed E-state index contributed by atoms with van der Waals surface area (Å²) in [6, 6.07) is -0.404. The van der Waals surface area contributed by atoms with E-state index in [9.17, 15) is 9.59 Å². The van der Waals surface area contributed by atoms with Crippen molar-refractivity contribution in [3.05, 3.63) is 0 Å². The Morgan fingerprint density at radius 2 is 2.11 bits per heavy atom. The molecule has 18 heavy (non-hydrogen) atoms. The van der Waals surface area contributed by atoms with Crippen molar-refractivity contribution in [3.8, 4) is 0 Å². The van der Waals surface area contributed by atoms with E-state index in [0.717, 1.165) is 25.9 Å². The highest BCUT2D eigenvalue weighted by Gasteiger charge is 2.32. The molecule has 6 heteroatoms. The molecule has 0 aromatic carbocycles. The van der Waals surface area contributed by atoms with Crippen LogP contribution < -0.4 is 16.4 Å². The van der Waals surface area contributed by atoms with Crippen LogP contribution >= 0.6 is 0 Å². The van der Waals surface area contributed by atoms with Crippen molar-refractivity contribution in [2.24, 2.45) is 5.73 Å². The van der Waals surface area contributed by atoms with Crippen LogP contribution in [0, 0.1) is 0 Å². The fourth-order valence-corrected chi connectivity index (χ4v) is 2.39. The zero-order valence-electron chi connectivity index (χ0n) is 11.4. The summed E-state index contributed by atoms with van der Waals surface area (Å²) in [5.74, 6) is -0.322. The van der Waals surface area contributed by atoms with Gasteiger partial charge in [0.15, 0.2) is 0 Å². The number of urea groups is 1. The average molecular weight is 256 g/mol. The van der Waals surface area contributed by atoms with E-state index in [1.165, 1.54) is 0 Å². The van der Waals surface area contributed by atoms with Crippen LogP contribution in [0.4, 0.5) is 4.79 Å². The molecule has 0 aliphatic carbocycles. The van der Waals surface area contributed by atoms with Gasteiger partial charge in [0, 0.05) is 25.2 Å². The molecular formula is C12H24N4O2. The van der Waals surface area contributed by atoms with Crippen LogP contribution in [0.5, 0.6) is 0 Å². The van der Waals surface area contributed by atoms with E-state index in [1.807, 2.05) is 6.92 Å². The number of carbonyl (C=O) groups is 2. The third kappa shape index (κ3) is 3.68. The summed E-state index contributed by atoms with van der Waals surface area (Å²) >= 11 is 0. The number of rotatable bonds is 4. The molecule has 0 aromatic heterocycles. The van der Waals surface area contributed by atoms with Crippen molar-refractivity contribution < 1.29 is 9.59 Å². The van der Waals surface area contributed by atoms with E-state index in [4.69, 9.17) is 5.73 Å². The van der Waals surface area contributed by atoms with Crippen molar-refractivity contribution in [2.45, 2.75) is 51.7 Å². The van der Waals surface area contributed by atoms with Crippen LogP contribution in [0.15, 0.2) is 0 Å². The SMILES string of the molecule is CCC1CN(C(C)C(=O)NC(N)=O)C(CC)CN1. The van der Waals surface area contributed by atoms with E-state index in [1.54, 1.807) is 0 Å². The zero-order chi connectivity index (χ0) is 13.7. The normalized spacial score (nSPS) is 26.6. The zero-order valence-corrected chi connectivity index (χ0v) is 11.4. The number of carbonyl (C=O) groups excluding carboxylic acids is 2. The molecule has 1 saturated heterocycles. The van der Waals surface area contributed by atoms with Crippen molar-refractivity contribution in [2.75, 3.05) is 13.1 Å². The molecule has 3 atom stereocenters. The summed E-state index contributed by atoms with van der Waals surface area (Å²) in [6.07, 6.45) is 1.99. The first-order chi connectivity index (χ1) is 8.49. The maximum Gasteiger partial charge on any atom is 0.318 e. The summed E-state index contributed by atoms with van der Waals surface area (Å²) in [5, 5.41) is 5.62. The molecular weight excluding hydrogens is 232 g/mol. The number of amides is 3. The number of hydrogen-bond acceptors (Lipinski definition) is 4. The lowest BCUT2D eigenvalue weighted by Crippen LogP contribution is -2.61. The van der Waals surface area contributed by atoms with E-state index in [-0.39, 0.29) is 11.9 Å². The van der Waals surface area contributed by atoms with Crippen LogP contribution in [-0.4, -0.2) is 48.1 Å². The van der Waals surface area contributed by atoms with Crippen molar-refractivity contribution >= 4 is 11.9 Å². The van der Waals surface area contributed by atoms with E-state index < -0.39 is 6.03 Å². The molecule has 3 unspecified atom stereocenters. The molecule has 0 radical (unpaired) electrons. The number of hydrogen-bond donors (Lipinski definition) is 3. The highest BCUT2D eigenvalue weighted by atomic mass is 16.2. The molecule has 1 aliphatic heterocycles. The number of piperazine rings is 1. The molecule has 104 valence electrons. The lowest BCUT2D eigenvalue weighted by Gasteiger charge is -2.42. The lowest BCUT2D eigenvalue weighted by molar-refractivity contribution is -0.126. The fraction of sp³-hybridized carbons (Fsp3) is 0.833. The van der Waals surface area contributed by atoms with Gasteiger partial charge in [0.25, 0.3) is 0 Å². The predicted molar refractivity (Wildman–Crippen MR) is 70.1 cm³/mol. The minimum absolute atomic E-state index is 0.321. The molecule has 4 N–H and O–H groups in total. The van der Waals surface area contributed by atoms with Gasteiger partial charge in [0.05, 0.1) is 6.04 Å². The molecule has 0 aromatic rings. The van der Waals surface area contributed by atoms with Crippen molar-refractivity contribution in [1.82, 2.24) is 15.5 Å². The fourth-order valence-electron chi connectivity index (χ4n) is 2.39. The maximum absolute atomic E-state index is 11.8. The topological polar surface area (TPSA) is 87.5 Å². The molecule has 1 aliphatic rings. The smallest absolute Gasteiger partial charge is 0.318 e. The van der Waals surface area contributed by atoms with E-state index in [2.05, 4.69) is 29.4 Å². The minimum Gasteiger partial charge on any atom is -0.351 e. The molecule has 0 saturated carbocycles. The van der Waals surface area contributed by atoms with Gasteiger partial charge in [-0.1, -0.05) is 13.8 Å². The van der Waals surface area contributed by atoms with Gasteiger partial charge in [-0.2, -0.15) is 0 Å². The summed E-state index contributed by atoms with van der Waals surface area (Å²) in [6.45, 7) is 7.74. The highest BCUT2D eigenvalue weighted by molar-refractivity contribution is 5.96. The van der Waals surface area contributed by atoms with Crippen LogP contribution in [0.25, 0.3) is 0 Å². The number of imide groups is 1. The van der Waals surface area contributed by atoms with Crippen LogP contribution in [-0.2, 0) is 4.79 Å². The van der Waals surface area contributed by atoms with E-state index >= 15 is 0 Å². The van der Waals surface area contributed by atoms with Gasteiger partial charge in [-0.15, -0.1) is 0 Å². The number of nitrogens with one attached hydrogen (secondary N) is 2. The van der Waals surface area contributed by atoms with Crippen LogP contribution in [0.1, 0.15) is 33.6 Å². The molecule has 0 bridgehead atoms. The van der Waals surface area contributed by atoms with Gasteiger partial charge in [0.2, 0.25) is 5.91 Å². The predicted octanol–water partition coefficient (Wildman–Crippen LogP) is 0.0322. The molecule has 0 spiro atoms. The second kappa shape index (κ2) is 6.70. The van der Waals surface area contributed by atoms with Crippen LogP contribution in [0.2, 0.25) is 0 Å². The Hall–Kier alpha value is -1.14. The first kappa shape index (κ1) is 14.9. The number of nitrogens with zero attached hydrogens (tertiary/aromatic N) is 1. The quantitative estimate of drug-likeness (QED) is 0.662. The van der Waals surface area contributed by atoms with Gasteiger partial charge in [-0.05, 0) is 19.8 Å². The van der Waals surface area contributed by atoms with Crippen molar-refractivity contribution in [1.29, 1.82) is 0 Å². The Balaban J connectivity index is 2.69. The Morgan fingerprint density at radius 1 is 1.44 bits per heavy atom. The van der Waals surface area contributed by atoms with Gasteiger partial charge in [-0.25, -0.2) is 4.79 Å². The third-order valence-electron chi connectivity index (χ3n) is 3.63. The molecule has 3 amide bonds. The largest absolute Gasteiger partial charge is 0.351 e. The monoisotopic (exact) mass is 256 g/mol. The van der Waals surface area contributed by atoms with Gasteiger partial charge >= 0.3 is 6.03 Å². The Kier molecular flexibility index (Phi) is 5.55. The van der Waals surface area contributed by atoms with Gasteiger partial charge < -0.3 is 11.1 Å². The van der Waals surface area contributed by atoms with Gasteiger partial charge in [0.1, 0.15) is 0 Å². The number of primary amides is 1.